The number of hydrogen-bond donors (Lipinski definition) is 1. The lowest BCUT2D eigenvalue weighted by molar-refractivity contribution is 0.0124. The molecule has 2 rings (SSSR count). The van der Waals surface area contributed by atoms with Gasteiger partial charge in [-0.05, 0) is 19.9 Å². The van der Waals surface area contributed by atoms with Gasteiger partial charge in [0.15, 0.2) is 5.65 Å². The monoisotopic (exact) mass is 259 g/mol. The highest BCUT2D eigenvalue weighted by atomic mass is 35.5. The molecule has 16 heavy (non-hydrogen) atoms. The van der Waals surface area contributed by atoms with Crippen LogP contribution in [0.4, 0.5) is 0 Å². The van der Waals surface area contributed by atoms with Crippen LogP contribution in [-0.2, 0) is 10.3 Å². The predicted molar refractivity (Wildman–Crippen MR) is 63.9 cm³/mol. The Morgan fingerprint density at radius 2 is 2.00 bits per heavy atom. The maximum atomic E-state index is 5.87. The molecule has 0 spiro atoms. The van der Waals surface area contributed by atoms with Crippen LogP contribution in [0.15, 0.2) is 6.07 Å². The van der Waals surface area contributed by atoms with Crippen LogP contribution in [-0.4, -0.2) is 22.1 Å². The van der Waals surface area contributed by atoms with E-state index in [1.165, 1.54) is 0 Å². The Morgan fingerprint density at radius 3 is 2.62 bits per heavy atom. The summed E-state index contributed by atoms with van der Waals surface area (Å²) in [6, 6.07) is 1.70. The zero-order valence-corrected chi connectivity index (χ0v) is 10.6. The average Bonchev–Trinajstić information content (AvgIpc) is 2.62. The molecular weight excluding hydrogens is 249 g/mol. The van der Waals surface area contributed by atoms with Crippen molar-refractivity contribution in [3.63, 3.8) is 0 Å². The maximum absolute atomic E-state index is 5.87. The zero-order chi connectivity index (χ0) is 11.9. The molecule has 0 unspecified atom stereocenters. The number of imidazole rings is 1. The minimum Gasteiger partial charge on any atom is -0.371 e. The summed E-state index contributed by atoms with van der Waals surface area (Å²) >= 11 is 11.7. The molecule has 0 radical (unpaired) electrons. The SMILES string of the molecule is COC(C)(C)c1nc2nc(Cl)c(Cl)cc2[nH]1. The number of rotatable bonds is 2. The number of pyridine rings is 1. The first-order valence-corrected chi connectivity index (χ1v) is 5.47. The minimum atomic E-state index is -0.500. The lowest BCUT2D eigenvalue weighted by Gasteiger charge is -2.19. The van der Waals surface area contributed by atoms with Gasteiger partial charge in [-0.25, -0.2) is 9.97 Å². The van der Waals surface area contributed by atoms with Gasteiger partial charge < -0.3 is 9.72 Å². The smallest absolute Gasteiger partial charge is 0.179 e. The largest absolute Gasteiger partial charge is 0.371 e. The Labute approximate surface area is 103 Å². The molecule has 0 atom stereocenters. The summed E-state index contributed by atoms with van der Waals surface area (Å²) in [5.41, 5.74) is 0.781. The van der Waals surface area contributed by atoms with Crippen molar-refractivity contribution in [2.24, 2.45) is 0 Å². The number of aromatic amines is 1. The molecule has 4 nitrogen and oxygen atoms in total. The van der Waals surface area contributed by atoms with Crippen LogP contribution in [0, 0.1) is 0 Å². The van der Waals surface area contributed by atoms with Gasteiger partial charge in [-0.1, -0.05) is 23.2 Å². The first-order chi connectivity index (χ1) is 7.44. The second-order valence-electron chi connectivity index (χ2n) is 3.93. The van der Waals surface area contributed by atoms with Crippen molar-refractivity contribution in [1.82, 2.24) is 15.0 Å². The molecular formula is C10H11Cl2N3O. The van der Waals surface area contributed by atoms with Crippen LogP contribution in [0.2, 0.25) is 10.2 Å². The Bertz CT molecular complexity index is 497. The first kappa shape index (κ1) is 11.6. The van der Waals surface area contributed by atoms with Crippen LogP contribution in [0.1, 0.15) is 19.7 Å². The number of ether oxygens (including phenoxy) is 1. The molecule has 2 aromatic heterocycles. The number of halogens is 2. The highest BCUT2D eigenvalue weighted by Crippen LogP contribution is 2.27. The second-order valence-corrected chi connectivity index (χ2v) is 4.70. The van der Waals surface area contributed by atoms with Gasteiger partial charge in [0.25, 0.3) is 0 Å². The van der Waals surface area contributed by atoms with E-state index in [9.17, 15) is 0 Å². The quantitative estimate of drug-likeness (QED) is 0.844. The molecule has 0 saturated heterocycles. The molecule has 2 heterocycles. The molecule has 0 bridgehead atoms. The van der Waals surface area contributed by atoms with E-state index in [1.807, 2.05) is 13.8 Å². The van der Waals surface area contributed by atoms with Crippen LogP contribution >= 0.6 is 23.2 Å². The molecule has 0 fully saturated rings. The van der Waals surface area contributed by atoms with Crippen LogP contribution in [0.3, 0.4) is 0 Å². The number of aromatic nitrogens is 3. The third-order valence-corrected chi connectivity index (χ3v) is 3.14. The first-order valence-electron chi connectivity index (χ1n) is 4.71. The highest BCUT2D eigenvalue weighted by Gasteiger charge is 2.24. The molecule has 0 aromatic carbocycles. The molecule has 86 valence electrons. The average molecular weight is 260 g/mol. The number of hydrogen-bond acceptors (Lipinski definition) is 3. The van der Waals surface area contributed by atoms with Gasteiger partial charge in [-0.3, -0.25) is 0 Å². The van der Waals surface area contributed by atoms with Gasteiger partial charge >= 0.3 is 0 Å². The normalized spacial score (nSPS) is 12.3. The molecule has 1 N–H and O–H groups in total. The fourth-order valence-electron chi connectivity index (χ4n) is 1.28. The van der Waals surface area contributed by atoms with E-state index in [-0.39, 0.29) is 5.15 Å². The van der Waals surface area contributed by atoms with Crippen molar-refractivity contribution < 1.29 is 4.74 Å². The third-order valence-electron chi connectivity index (χ3n) is 2.46. The van der Waals surface area contributed by atoms with E-state index in [1.54, 1.807) is 13.2 Å². The lowest BCUT2D eigenvalue weighted by Crippen LogP contribution is -2.21. The van der Waals surface area contributed by atoms with Crippen molar-refractivity contribution in [1.29, 1.82) is 0 Å². The summed E-state index contributed by atoms with van der Waals surface area (Å²) in [4.78, 5) is 11.5. The van der Waals surface area contributed by atoms with E-state index in [4.69, 9.17) is 27.9 Å². The van der Waals surface area contributed by atoms with Gasteiger partial charge in [0.1, 0.15) is 16.6 Å². The number of nitrogens with one attached hydrogen (secondary N) is 1. The van der Waals surface area contributed by atoms with Gasteiger partial charge in [0, 0.05) is 7.11 Å². The van der Waals surface area contributed by atoms with E-state index in [2.05, 4.69) is 15.0 Å². The number of H-pyrrole nitrogens is 1. The molecule has 0 amide bonds. The van der Waals surface area contributed by atoms with Gasteiger partial charge in [-0.15, -0.1) is 0 Å². The van der Waals surface area contributed by atoms with Crippen molar-refractivity contribution in [2.45, 2.75) is 19.4 Å². The van der Waals surface area contributed by atoms with Crippen LogP contribution in [0.25, 0.3) is 11.2 Å². The second kappa shape index (κ2) is 3.87. The van der Waals surface area contributed by atoms with Crippen molar-refractivity contribution >= 4 is 34.4 Å². The summed E-state index contributed by atoms with van der Waals surface area (Å²) in [6.07, 6.45) is 0. The molecule has 6 heteroatoms. The summed E-state index contributed by atoms with van der Waals surface area (Å²) in [6.45, 7) is 3.82. The molecule has 0 aliphatic carbocycles. The summed E-state index contributed by atoms with van der Waals surface area (Å²) in [5, 5.41) is 0.655. The molecule has 2 aromatic rings. The molecule has 0 aliphatic rings. The zero-order valence-electron chi connectivity index (χ0n) is 9.14. The maximum Gasteiger partial charge on any atom is 0.179 e. The van der Waals surface area contributed by atoms with Gasteiger partial charge in [0.2, 0.25) is 0 Å². The summed E-state index contributed by atoms with van der Waals surface area (Å²) in [5.74, 6) is 0.691. The number of nitrogens with zero attached hydrogens (tertiary/aromatic N) is 2. The predicted octanol–water partition coefficient (Wildman–Crippen LogP) is 3.15. The highest BCUT2D eigenvalue weighted by molar-refractivity contribution is 6.41. The number of fused-ring (bicyclic) bond motifs is 1. The van der Waals surface area contributed by atoms with E-state index >= 15 is 0 Å². The summed E-state index contributed by atoms with van der Waals surface area (Å²) < 4.78 is 5.33. The third kappa shape index (κ3) is 1.88. The lowest BCUT2D eigenvalue weighted by atomic mass is 10.1. The van der Waals surface area contributed by atoms with Crippen molar-refractivity contribution in [3.8, 4) is 0 Å². The Balaban J connectivity index is 2.61. The fraction of sp³-hybridized carbons (Fsp3) is 0.400. The Morgan fingerprint density at radius 1 is 1.31 bits per heavy atom. The van der Waals surface area contributed by atoms with Crippen molar-refractivity contribution in [2.75, 3.05) is 7.11 Å². The standard InChI is InChI=1S/C10H11Cl2N3O/c1-10(2,16-3)9-13-6-4-5(11)7(12)14-8(6)15-9/h4H,1-3H3,(H,13,14,15). The van der Waals surface area contributed by atoms with Gasteiger partial charge in [-0.2, -0.15) is 0 Å². The molecule has 0 aliphatic heterocycles. The van der Waals surface area contributed by atoms with Crippen LogP contribution < -0.4 is 0 Å². The summed E-state index contributed by atoms with van der Waals surface area (Å²) in [7, 11) is 1.63. The Kier molecular flexibility index (Phi) is 2.82. The van der Waals surface area contributed by atoms with Crippen LogP contribution in [0.5, 0.6) is 0 Å². The fourth-order valence-corrected chi connectivity index (χ4v) is 1.56. The molecule has 0 saturated carbocycles. The topological polar surface area (TPSA) is 50.8 Å². The van der Waals surface area contributed by atoms with E-state index in [0.29, 0.717) is 16.5 Å². The van der Waals surface area contributed by atoms with E-state index in [0.717, 1.165) is 5.52 Å². The van der Waals surface area contributed by atoms with Gasteiger partial charge in [0.05, 0.1) is 10.5 Å². The Hall–Kier alpha value is -0.840. The minimum absolute atomic E-state index is 0.252. The van der Waals surface area contributed by atoms with Crippen molar-refractivity contribution in [3.05, 3.63) is 22.1 Å². The number of methoxy groups -OCH3 is 1. The van der Waals surface area contributed by atoms with E-state index < -0.39 is 5.60 Å².